The number of ether oxygens (including phenoxy) is 2. The van der Waals surface area contributed by atoms with Gasteiger partial charge in [0.25, 0.3) is 0 Å². The predicted molar refractivity (Wildman–Crippen MR) is 94.8 cm³/mol. The second kappa shape index (κ2) is 6.69. The number of hydrogen-bond donors (Lipinski definition) is 1. The van der Waals surface area contributed by atoms with Crippen LogP contribution in [-0.4, -0.2) is 40.4 Å². The molecule has 122 valence electrons. The fraction of sp³-hybridized carbons (Fsp3) is 0.333. The smallest absolute Gasteiger partial charge is 0.142 e. The summed E-state index contributed by atoms with van der Waals surface area (Å²) in [4.78, 5) is 4.68. The van der Waals surface area contributed by atoms with E-state index in [-0.39, 0.29) is 0 Å². The van der Waals surface area contributed by atoms with E-state index >= 15 is 0 Å². The van der Waals surface area contributed by atoms with Crippen molar-refractivity contribution in [3.05, 3.63) is 42.5 Å². The second-order valence-electron chi connectivity index (χ2n) is 5.57. The van der Waals surface area contributed by atoms with Crippen LogP contribution in [0.25, 0.3) is 0 Å². The summed E-state index contributed by atoms with van der Waals surface area (Å²) in [6.07, 6.45) is 0. The first-order valence-electron chi connectivity index (χ1n) is 7.79. The number of nitrogen functional groups attached to an aromatic ring is 1. The van der Waals surface area contributed by atoms with Gasteiger partial charge in [-0.1, -0.05) is 12.1 Å². The van der Waals surface area contributed by atoms with Gasteiger partial charge in [-0.05, 0) is 24.3 Å². The Morgan fingerprint density at radius 3 is 2.09 bits per heavy atom. The summed E-state index contributed by atoms with van der Waals surface area (Å²) in [6, 6.07) is 14.0. The van der Waals surface area contributed by atoms with Crippen molar-refractivity contribution in [1.29, 1.82) is 0 Å². The minimum atomic E-state index is 0.759. The molecular weight excluding hydrogens is 290 g/mol. The molecule has 5 nitrogen and oxygen atoms in total. The molecule has 0 radical (unpaired) electrons. The fourth-order valence-corrected chi connectivity index (χ4v) is 3.03. The van der Waals surface area contributed by atoms with Crippen LogP contribution in [0.2, 0.25) is 0 Å². The highest BCUT2D eigenvalue weighted by Gasteiger charge is 2.21. The number of para-hydroxylation sites is 2. The molecule has 0 aromatic heterocycles. The lowest BCUT2D eigenvalue weighted by Gasteiger charge is -2.38. The Bertz CT molecular complexity index is 667. The summed E-state index contributed by atoms with van der Waals surface area (Å²) >= 11 is 0. The highest BCUT2D eigenvalue weighted by molar-refractivity contribution is 5.70. The van der Waals surface area contributed by atoms with Gasteiger partial charge in [-0.3, -0.25) is 0 Å². The maximum absolute atomic E-state index is 6.16. The van der Waals surface area contributed by atoms with Crippen molar-refractivity contribution >= 4 is 17.1 Å². The number of methoxy groups -OCH3 is 2. The molecular formula is C18H23N3O2. The van der Waals surface area contributed by atoms with Crippen molar-refractivity contribution < 1.29 is 9.47 Å². The molecule has 3 rings (SSSR count). The maximum atomic E-state index is 6.16. The van der Waals surface area contributed by atoms with E-state index in [4.69, 9.17) is 15.2 Å². The van der Waals surface area contributed by atoms with E-state index < -0.39 is 0 Å². The predicted octanol–water partition coefficient (Wildman–Crippen LogP) is 2.61. The van der Waals surface area contributed by atoms with Crippen LogP contribution < -0.4 is 25.0 Å². The highest BCUT2D eigenvalue weighted by atomic mass is 16.5. The Kier molecular flexibility index (Phi) is 4.46. The van der Waals surface area contributed by atoms with Gasteiger partial charge in [0.2, 0.25) is 0 Å². The Hall–Kier alpha value is -2.56. The molecule has 1 saturated heterocycles. The van der Waals surface area contributed by atoms with Gasteiger partial charge in [0.05, 0.1) is 31.3 Å². The molecule has 0 aliphatic carbocycles. The van der Waals surface area contributed by atoms with Gasteiger partial charge in [-0.15, -0.1) is 0 Å². The molecule has 1 heterocycles. The van der Waals surface area contributed by atoms with Crippen molar-refractivity contribution in [1.82, 2.24) is 0 Å². The molecule has 0 spiro atoms. The summed E-state index contributed by atoms with van der Waals surface area (Å²) in [6.45, 7) is 3.72. The third-order valence-electron chi connectivity index (χ3n) is 4.28. The molecule has 0 amide bonds. The van der Waals surface area contributed by atoms with Crippen LogP contribution in [0.15, 0.2) is 42.5 Å². The van der Waals surface area contributed by atoms with Crippen molar-refractivity contribution in [3.8, 4) is 11.5 Å². The van der Waals surface area contributed by atoms with Gasteiger partial charge in [-0.2, -0.15) is 0 Å². The van der Waals surface area contributed by atoms with Crippen LogP contribution in [0.3, 0.4) is 0 Å². The summed E-state index contributed by atoms with van der Waals surface area (Å²) in [7, 11) is 3.37. The van der Waals surface area contributed by atoms with Crippen LogP contribution in [0.4, 0.5) is 17.1 Å². The second-order valence-corrected chi connectivity index (χ2v) is 5.57. The molecule has 2 N–H and O–H groups in total. The number of piperazine rings is 1. The first-order valence-corrected chi connectivity index (χ1v) is 7.79. The topological polar surface area (TPSA) is 51.0 Å². The van der Waals surface area contributed by atoms with Crippen LogP contribution in [-0.2, 0) is 0 Å². The fourth-order valence-electron chi connectivity index (χ4n) is 3.03. The Morgan fingerprint density at radius 1 is 0.826 bits per heavy atom. The van der Waals surface area contributed by atoms with E-state index in [2.05, 4.69) is 15.9 Å². The SMILES string of the molecule is COc1ccc(N2CCN(c3ccccc3OC)CC2)c(N)c1. The minimum Gasteiger partial charge on any atom is -0.497 e. The quantitative estimate of drug-likeness (QED) is 0.879. The standard InChI is InChI=1S/C18H23N3O2/c1-22-14-7-8-16(15(19)13-14)20-9-11-21(12-10-20)17-5-3-4-6-18(17)23-2/h3-8,13H,9-12,19H2,1-2H3. The molecule has 1 aliphatic rings. The van der Waals surface area contributed by atoms with Gasteiger partial charge in [-0.25, -0.2) is 0 Å². The molecule has 1 aliphatic heterocycles. The number of benzene rings is 2. The van der Waals surface area contributed by atoms with Crippen molar-refractivity contribution in [2.45, 2.75) is 0 Å². The Labute approximate surface area is 137 Å². The summed E-state index contributed by atoms with van der Waals surface area (Å²) < 4.78 is 10.7. The Balaban J connectivity index is 1.71. The molecule has 0 saturated carbocycles. The third-order valence-corrected chi connectivity index (χ3v) is 4.28. The first kappa shape index (κ1) is 15.3. The van der Waals surface area contributed by atoms with Crippen LogP contribution in [0, 0.1) is 0 Å². The van der Waals surface area contributed by atoms with E-state index in [1.54, 1.807) is 14.2 Å². The van der Waals surface area contributed by atoms with Crippen molar-refractivity contribution in [2.24, 2.45) is 0 Å². The van der Waals surface area contributed by atoms with Gasteiger partial charge < -0.3 is 25.0 Å². The molecule has 0 atom stereocenters. The molecule has 23 heavy (non-hydrogen) atoms. The minimum absolute atomic E-state index is 0.759. The third kappa shape index (κ3) is 3.13. The number of rotatable bonds is 4. The van der Waals surface area contributed by atoms with E-state index in [0.717, 1.165) is 54.7 Å². The van der Waals surface area contributed by atoms with Crippen LogP contribution in [0.5, 0.6) is 11.5 Å². The monoisotopic (exact) mass is 313 g/mol. The maximum Gasteiger partial charge on any atom is 0.142 e. The molecule has 0 bridgehead atoms. The van der Waals surface area contributed by atoms with E-state index in [0.29, 0.717) is 0 Å². The van der Waals surface area contributed by atoms with Crippen molar-refractivity contribution in [3.63, 3.8) is 0 Å². The molecule has 0 unspecified atom stereocenters. The molecule has 2 aromatic carbocycles. The van der Waals surface area contributed by atoms with Gasteiger partial charge in [0, 0.05) is 32.2 Å². The number of anilines is 3. The van der Waals surface area contributed by atoms with Crippen molar-refractivity contribution in [2.75, 3.05) is 55.9 Å². The lowest BCUT2D eigenvalue weighted by atomic mass is 10.2. The molecule has 5 heteroatoms. The average Bonchev–Trinajstić information content (AvgIpc) is 2.61. The Morgan fingerprint density at radius 2 is 1.48 bits per heavy atom. The largest absolute Gasteiger partial charge is 0.497 e. The van der Waals surface area contributed by atoms with E-state index in [1.807, 2.05) is 36.4 Å². The van der Waals surface area contributed by atoms with E-state index in [9.17, 15) is 0 Å². The van der Waals surface area contributed by atoms with Gasteiger partial charge >= 0.3 is 0 Å². The summed E-state index contributed by atoms with van der Waals surface area (Å²) in [5, 5.41) is 0. The lowest BCUT2D eigenvalue weighted by Crippen LogP contribution is -2.46. The molecule has 1 fully saturated rings. The summed E-state index contributed by atoms with van der Waals surface area (Å²) in [5.41, 5.74) is 9.15. The average molecular weight is 313 g/mol. The number of nitrogens with two attached hydrogens (primary N) is 1. The normalized spacial score (nSPS) is 14.7. The number of nitrogens with zero attached hydrogens (tertiary/aromatic N) is 2. The van der Waals surface area contributed by atoms with Gasteiger partial charge in [0.1, 0.15) is 11.5 Å². The lowest BCUT2D eigenvalue weighted by molar-refractivity contribution is 0.413. The summed E-state index contributed by atoms with van der Waals surface area (Å²) in [5.74, 6) is 1.71. The molecule has 2 aromatic rings. The first-order chi connectivity index (χ1) is 11.2. The van der Waals surface area contributed by atoms with Crippen LogP contribution in [0.1, 0.15) is 0 Å². The zero-order valence-electron chi connectivity index (χ0n) is 13.7. The van der Waals surface area contributed by atoms with Gasteiger partial charge in [0.15, 0.2) is 0 Å². The zero-order valence-corrected chi connectivity index (χ0v) is 13.7. The number of hydrogen-bond acceptors (Lipinski definition) is 5. The van der Waals surface area contributed by atoms with Crippen LogP contribution >= 0.6 is 0 Å². The highest BCUT2D eigenvalue weighted by Crippen LogP contribution is 2.31. The zero-order chi connectivity index (χ0) is 16.2. The van der Waals surface area contributed by atoms with E-state index in [1.165, 1.54) is 0 Å².